The lowest BCUT2D eigenvalue weighted by molar-refractivity contribution is -0.138. The van der Waals surface area contributed by atoms with E-state index in [0.717, 1.165) is 24.3 Å². The van der Waals surface area contributed by atoms with Crippen LogP contribution in [0.25, 0.3) is 0 Å². The number of carboxylic acids is 1. The minimum atomic E-state index is -1.16. The van der Waals surface area contributed by atoms with E-state index in [9.17, 15) is 14.4 Å². The van der Waals surface area contributed by atoms with Gasteiger partial charge in [0.1, 0.15) is 13.1 Å². The van der Waals surface area contributed by atoms with E-state index in [1.54, 1.807) is 4.90 Å². The van der Waals surface area contributed by atoms with Crippen molar-refractivity contribution in [1.29, 1.82) is 0 Å². The lowest BCUT2D eigenvalue weighted by Gasteiger charge is -2.35. The number of nitrogens with zero attached hydrogens (tertiary/aromatic N) is 2. The van der Waals surface area contributed by atoms with E-state index in [2.05, 4.69) is 5.32 Å². The van der Waals surface area contributed by atoms with Crippen LogP contribution in [0.2, 0.25) is 0 Å². The molecule has 1 aliphatic rings. The second-order valence-electron chi connectivity index (χ2n) is 5.01. The monoisotopic (exact) mass is 286 g/mol. The molecular weight excluding hydrogens is 264 g/mol. The molecule has 1 fully saturated rings. The highest BCUT2D eigenvalue weighted by atomic mass is 16.4. The summed E-state index contributed by atoms with van der Waals surface area (Å²) >= 11 is 0. The first-order chi connectivity index (χ1) is 9.43. The Balaban J connectivity index is 2.67. The number of likely N-dealkylation sites (tertiary alicyclic amines) is 1. The number of nitrogens with one attached hydrogen (secondary N) is 1. The van der Waals surface area contributed by atoms with Crippen molar-refractivity contribution < 1.29 is 19.5 Å². The smallest absolute Gasteiger partial charge is 0.323 e. The van der Waals surface area contributed by atoms with Crippen LogP contribution in [0.15, 0.2) is 0 Å². The van der Waals surface area contributed by atoms with E-state index in [0.29, 0.717) is 19.0 Å². The molecule has 1 unspecified atom stereocenters. The molecule has 0 radical (unpaired) electrons. The average molecular weight is 286 g/mol. The third kappa shape index (κ3) is 5.04. The van der Waals surface area contributed by atoms with Crippen LogP contribution in [0.1, 0.15) is 12.8 Å². The predicted molar refractivity (Wildman–Crippen MR) is 72.0 cm³/mol. The first-order valence-corrected chi connectivity index (χ1v) is 6.62. The third-order valence-corrected chi connectivity index (χ3v) is 3.23. The Morgan fingerprint density at radius 3 is 2.65 bits per heavy atom. The van der Waals surface area contributed by atoms with Crippen molar-refractivity contribution in [3.05, 3.63) is 0 Å². The van der Waals surface area contributed by atoms with Gasteiger partial charge >= 0.3 is 12.0 Å². The number of piperidine rings is 1. The molecule has 8 nitrogen and oxygen atoms in total. The number of nitrogens with two attached hydrogens (primary N) is 1. The van der Waals surface area contributed by atoms with Gasteiger partial charge in [0.05, 0.1) is 0 Å². The molecule has 3 amide bonds. The molecule has 8 heteroatoms. The topological polar surface area (TPSA) is 116 Å². The van der Waals surface area contributed by atoms with Crippen molar-refractivity contribution in [2.24, 2.45) is 11.7 Å². The number of aliphatic carboxylic acids is 1. The molecule has 0 aromatic rings. The normalized spacial score (nSPS) is 18.6. The minimum absolute atomic E-state index is 0.345. The highest BCUT2D eigenvalue weighted by Crippen LogP contribution is 2.17. The summed E-state index contributed by atoms with van der Waals surface area (Å²) in [5.74, 6) is -1.54. The maximum absolute atomic E-state index is 12.3. The van der Waals surface area contributed by atoms with Gasteiger partial charge in [-0.1, -0.05) is 0 Å². The number of rotatable bonds is 6. The van der Waals surface area contributed by atoms with Crippen LogP contribution in [-0.4, -0.2) is 72.6 Å². The number of carbonyl (C=O) groups excluding carboxylic acids is 2. The van der Waals surface area contributed by atoms with E-state index in [-0.39, 0.29) is 6.54 Å². The Morgan fingerprint density at radius 2 is 2.10 bits per heavy atom. The Hall–Kier alpha value is -1.83. The van der Waals surface area contributed by atoms with Gasteiger partial charge in [-0.2, -0.15) is 0 Å². The maximum atomic E-state index is 12.3. The van der Waals surface area contributed by atoms with Crippen molar-refractivity contribution in [3.63, 3.8) is 0 Å². The fraction of sp³-hybridized carbons (Fsp3) is 0.750. The quantitative estimate of drug-likeness (QED) is 0.574. The zero-order valence-corrected chi connectivity index (χ0v) is 11.7. The number of hydrogen-bond donors (Lipinski definition) is 3. The van der Waals surface area contributed by atoms with Crippen molar-refractivity contribution in [1.82, 2.24) is 15.1 Å². The van der Waals surface area contributed by atoms with E-state index < -0.39 is 24.5 Å². The number of carboxylic acid groups (broad SMARTS) is 1. The van der Waals surface area contributed by atoms with Gasteiger partial charge in [0, 0.05) is 13.1 Å². The van der Waals surface area contributed by atoms with Gasteiger partial charge in [-0.05, 0) is 32.4 Å². The average Bonchev–Trinajstić information content (AvgIpc) is 2.37. The number of primary amides is 1. The Morgan fingerprint density at radius 1 is 1.40 bits per heavy atom. The summed E-state index contributed by atoms with van der Waals surface area (Å²) in [6.45, 7) is 1.05. The standard InChI is InChI=1S/C12H22N4O4/c1-14-5-9-3-2-4-15(6-9)12(20)16(7-10(13)17)8-11(18)19/h9,14H,2-8H2,1H3,(H2,13,17)(H,18,19). The molecule has 4 N–H and O–H groups in total. The summed E-state index contributed by atoms with van der Waals surface area (Å²) in [6, 6.07) is -0.438. The molecule has 1 aliphatic heterocycles. The lowest BCUT2D eigenvalue weighted by Crippen LogP contribution is -2.52. The summed E-state index contributed by atoms with van der Waals surface area (Å²) in [5.41, 5.74) is 5.06. The van der Waals surface area contributed by atoms with Crippen LogP contribution in [0.3, 0.4) is 0 Å². The summed E-state index contributed by atoms with van der Waals surface area (Å²) < 4.78 is 0. The van der Waals surface area contributed by atoms with Crippen LogP contribution in [-0.2, 0) is 9.59 Å². The van der Waals surface area contributed by atoms with Gasteiger partial charge in [0.15, 0.2) is 0 Å². The summed E-state index contributed by atoms with van der Waals surface area (Å²) in [4.78, 5) is 36.6. The molecule has 1 atom stereocenters. The molecule has 0 aliphatic carbocycles. The molecule has 0 saturated carbocycles. The van der Waals surface area contributed by atoms with Crippen molar-refractivity contribution >= 4 is 17.9 Å². The molecule has 0 aromatic carbocycles. The van der Waals surface area contributed by atoms with Crippen molar-refractivity contribution in [2.45, 2.75) is 12.8 Å². The van der Waals surface area contributed by atoms with Crippen LogP contribution < -0.4 is 11.1 Å². The van der Waals surface area contributed by atoms with Gasteiger partial charge in [-0.3, -0.25) is 9.59 Å². The molecule has 1 rings (SSSR count). The summed E-state index contributed by atoms with van der Waals surface area (Å²) in [7, 11) is 1.85. The Bertz CT molecular complexity index is 356. The molecule has 20 heavy (non-hydrogen) atoms. The highest BCUT2D eigenvalue weighted by molar-refractivity contribution is 5.86. The minimum Gasteiger partial charge on any atom is -0.480 e. The van der Waals surface area contributed by atoms with Crippen LogP contribution in [0.4, 0.5) is 4.79 Å². The second-order valence-corrected chi connectivity index (χ2v) is 5.01. The van der Waals surface area contributed by atoms with Crippen molar-refractivity contribution in [2.75, 3.05) is 39.8 Å². The molecule has 1 saturated heterocycles. The number of amides is 3. The van der Waals surface area contributed by atoms with Gasteiger partial charge < -0.3 is 26.0 Å². The molecule has 0 aromatic heterocycles. The molecule has 0 spiro atoms. The zero-order chi connectivity index (χ0) is 15.1. The van der Waals surface area contributed by atoms with Gasteiger partial charge in [-0.15, -0.1) is 0 Å². The Labute approximate surface area is 117 Å². The maximum Gasteiger partial charge on any atom is 0.323 e. The molecule has 114 valence electrons. The first kappa shape index (κ1) is 16.2. The number of urea groups is 1. The second kappa shape index (κ2) is 7.68. The van der Waals surface area contributed by atoms with Crippen LogP contribution >= 0.6 is 0 Å². The zero-order valence-electron chi connectivity index (χ0n) is 11.7. The molecule has 0 bridgehead atoms. The van der Waals surface area contributed by atoms with Crippen molar-refractivity contribution in [3.8, 4) is 0 Å². The van der Waals surface area contributed by atoms with Gasteiger partial charge in [0.25, 0.3) is 0 Å². The van der Waals surface area contributed by atoms with E-state index in [1.165, 1.54) is 0 Å². The first-order valence-electron chi connectivity index (χ1n) is 6.62. The molecule has 1 heterocycles. The van der Waals surface area contributed by atoms with E-state index in [4.69, 9.17) is 10.8 Å². The molecular formula is C12H22N4O4. The van der Waals surface area contributed by atoms with Gasteiger partial charge in [0.2, 0.25) is 5.91 Å². The Kier molecular flexibility index (Phi) is 6.23. The van der Waals surface area contributed by atoms with E-state index >= 15 is 0 Å². The fourth-order valence-corrected chi connectivity index (χ4v) is 2.44. The largest absolute Gasteiger partial charge is 0.480 e. The summed E-state index contributed by atoms with van der Waals surface area (Å²) in [5, 5.41) is 11.9. The number of hydrogen-bond acceptors (Lipinski definition) is 4. The third-order valence-electron chi connectivity index (χ3n) is 3.23. The van der Waals surface area contributed by atoms with E-state index in [1.807, 2.05) is 7.05 Å². The predicted octanol–water partition coefficient (Wildman–Crippen LogP) is -1.09. The van der Waals surface area contributed by atoms with Gasteiger partial charge in [-0.25, -0.2) is 4.79 Å². The van der Waals surface area contributed by atoms with Crippen LogP contribution in [0, 0.1) is 5.92 Å². The fourth-order valence-electron chi connectivity index (χ4n) is 2.44. The van der Waals surface area contributed by atoms with Crippen LogP contribution in [0.5, 0.6) is 0 Å². The highest BCUT2D eigenvalue weighted by Gasteiger charge is 2.28. The number of carbonyl (C=O) groups is 3. The lowest BCUT2D eigenvalue weighted by atomic mass is 9.98. The SMILES string of the molecule is CNCC1CCCN(C(=O)N(CC(N)=O)CC(=O)O)C1. The summed E-state index contributed by atoms with van der Waals surface area (Å²) in [6.07, 6.45) is 1.90.